The molecule has 1 heterocycles. The number of hydrogen-bond acceptors (Lipinski definition) is 2. The van der Waals surface area contributed by atoms with Crippen LogP contribution in [0.2, 0.25) is 0 Å². The summed E-state index contributed by atoms with van der Waals surface area (Å²) in [5, 5.41) is 2.56. The van der Waals surface area contributed by atoms with Crippen LogP contribution in [-0.2, 0) is 5.41 Å². The van der Waals surface area contributed by atoms with Crippen molar-refractivity contribution in [2.24, 2.45) is 0 Å². The van der Waals surface area contributed by atoms with Crippen molar-refractivity contribution < 1.29 is 0 Å². The molecule has 0 saturated heterocycles. The van der Waals surface area contributed by atoms with E-state index in [1.165, 1.54) is 86.9 Å². The normalized spacial score (nSPS) is 12.7. The summed E-state index contributed by atoms with van der Waals surface area (Å²) in [6.07, 6.45) is 0. The van der Waals surface area contributed by atoms with Crippen LogP contribution < -0.4 is 4.90 Å². The van der Waals surface area contributed by atoms with Gasteiger partial charge in [-0.15, -0.1) is 11.3 Å². The summed E-state index contributed by atoms with van der Waals surface area (Å²) in [5.41, 5.74) is 18.4. The summed E-state index contributed by atoms with van der Waals surface area (Å²) in [5.74, 6) is 0. The largest absolute Gasteiger partial charge is 0.308 e. The zero-order valence-electron chi connectivity index (χ0n) is 33.1. The average Bonchev–Trinajstić information content (AvgIpc) is 3.79. The first kappa shape index (κ1) is 35.2. The highest BCUT2D eigenvalue weighted by atomic mass is 32.1. The van der Waals surface area contributed by atoms with Gasteiger partial charge in [0.25, 0.3) is 0 Å². The number of benzene rings is 9. The zero-order chi connectivity index (χ0) is 39.5. The van der Waals surface area contributed by atoms with Gasteiger partial charge in [0.05, 0.1) is 16.1 Å². The van der Waals surface area contributed by atoms with Gasteiger partial charge in [-0.3, -0.25) is 0 Å². The lowest BCUT2D eigenvalue weighted by Crippen LogP contribution is -2.14. The quantitative estimate of drug-likeness (QED) is 0.156. The van der Waals surface area contributed by atoms with E-state index in [0.29, 0.717) is 0 Å². The molecule has 0 fully saturated rings. The van der Waals surface area contributed by atoms with E-state index in [4.69, 9.17) is 0 Å². The topological polar surface area (TPSA) is 3.24 Å². The van der Waals surface area contributed by atoms with Gasteiger partial charge in [0.2, 0.25) is 0 Å². The second kappa shape index (κ2) is 14.1. The molecule has 1 nitrogen and oxygen atoms in total. The highest BCUT2D eigenvalue weighted by Crippen LogP contribution is 2.52. The molecule has 2 heteroatoms. The van der Waals surface area contributed by atoms with E-state index in [2.05, 4.69) is 231 Å². The molecule has 280 valence electrons. The Labute approximate surface area is 350 Å². The molecular weight excluding hydrogens is 731 g/mol. The van der Waals surface area contributed by atoms with E-state index in [1.807, 2.05) is 11.3 Å². The molecule has 0 amide bonds. The molecule has 11 rings (SSSR count). The molecular formula is C57H41NS. The van der Waals surface area contributed by atoms with Gasteiger partial charge in [-0.2, -0.15) is 0 Å². The number of thiophene rings is 1. The third kappa shape index (κ3) is 5.82. The lowest BCUT2D eigenvalue weighted by molar-refractivity contribution is 0.660. The fourth-order valence-corrected chi connectivity index (χ4v) is 10.7. The van der Waals surface area contributed by atoms with E-state index in [0.717, 1.165) is 17.1 Å². The minimum Gasteiger partial charge on any atom is -0.308 e. The molecule has 0 aliphatic heterocycles. The van der Waals surface area contributed by atoms with Gasteiger partial charge in [0.1, 0.15) is 0 Å². The average molecular weight is 772 g/mol. The lowest BCUT2D eigenvalue weighted by Gasteiger charge is -2.30. The SMILES string of the molecule is CC1(C)c2ccccc2-c2cc(-c3cccc(N(c4cccc(-c5ccccc5)c4-c4ccccc4-c4ccccc4)c4cccc5c4sc4ccccc45)c3)ccc21. The molecule has 0 N–H and O–H groups in total. The molecule has 1 aliphatic carbocycles. The van der Waals surface area contributed by atoms with Crippen molar-refractivity contribution in [1.29, 1.82) is 0 Å². The number of hydrogen-bond donors (Lipinski definition) is 0. The molecule has 9 aromatic carbocycles. The first-order valence-corrected chi connectivity index (χ1v) is 21.2. The minimum absolute atomic E-state index is 0.0394. The van der Waals surface area contributed by atoms with Crippen molar-refractivity contribution >= 4 is 48.6 Å². The Hall–Kier alpha value is -7.00. The molecule has 0 saturated carbocycles. The first-order chi connectivity index (χ1) is 29.0. The van der Waals surface area contributed by atoms with Crippen LogP contribution in [0.4, 0.5) is 17.1 Å². The number of anilines is 3. The minimum atomic E-state index is -0.0394. The number of nitrogens with zero attached hydrogens (tertiary/aromatic N) is 1. The summed E-state index contributed by atoms with van der Waals surface area (Å²) >= 11 is 1.87. The zero-order valence-corrected chi connectivity index (χ0v) is 33.9. The maximum Gasteiger partial charge on any atom is 0.0640 e. The van der Waals surface area contributed by atoms with Crippen LogP contribution in [0.15, 0.2) is 212 Å². The van der Waals surface area contributed by atoms with Crippen LogP contribution in [0.5, 0.6) is 0 Å². The Balaban J connectivity index is 1.19. The van der Waals surface area contributed by atoms with Crippen molar-refractivity contribution in [2.45, 2.75) is 19.3 Å². The van der Waals surface area contributed by atoms with E-state index in [-0.39, 0.29) is 5.41 Å². The van der Waals surface area contributed by atoms with Crippen molar-refractivity contribution in [3.63, 3.8) is 0 Å². The Morgan fingerprint density at radius 2 is 0.932 bits per heavy atom. The maximum absolute atomic E-state index is 2.52. The molecule has 0 bridgehead atoms. The Bertz CT molecular complexity index is 3190. The van der Waals surface area contributed by atoms with E-state index in [1.54, 1.807) is 0 Å². The van der Waals surface area contributed by atoms with Crippen molar-refractivity contribution in [1.82, 2.24) is 0 Å². The van der Waals surface area contributed by atoms with Crippen molar-refractivity contribution in [3.05, 3.63) is 223 Å². The second-order valence-electron chi connectivity index (χ2n) is 16.0. The van der Waals surface area contributed by atoms with Gasteiger partial charge in [-0.1, -0.05) is 190 Å². The van der Waals surface area contributed by atoms with Gasteiger partial charge in [0, 0.05) is 32.1 Å². The van der Waals surface area contributed by atoms with E-state index < -0.39 is 0 Å². The van der Waals surface area contributed by atoms with Crippen LogP contribution in [0.3, 0.4) is 0 Å². The van der Waals surface area contributed by atoms with Crippen LogP contribution >= 0.6 is 11.3 Å². The first-order valence-electron chi connectivity index (χ1n) is 20.4. The van der Waals surface area contributed by atoms with Crippen LogP contribution in [0.1, 0.15) is 25.0 Å². The highest BCUT2D eigenvalue weighted by molar-refractivity contribution is 7.26. The van der Waals surface area contributed by atoms with Crippen LogP contribution in [0, 0.1) is 0 Å². The summed E-state index contributed by atoms with van der Waals surface area (Å²) < 4.78 is 2.56. The third-order valence-corrected chi connectivity index (χ3v) is 13.5. The lowest BCUT2D eigenvalue weighted by atomic mass is 9.82. The number of rotatable bonds is 7. The predicted octanol–water partition coefficient (Wildman–Crippen LogP) is 16.5. The Morgan fingerprint density at radius 1 is 0.373 bits per heavy atom. The smallest absolute Gasteiger partial charge is 0.0640 e. The fourth-order valence-electron chi connectivity index (χ4n) is 9.48. The van der Waals surface area contributed by atoms with Crippen LogP contribution in [0.25, 0.3) is 75.8 Å². The van der Waals surface area contributed by atoms with E-state index >= 15 is 0 Å². The third-order valence-electron chi connectivity index (χ3n) is 12.3. The standard InChI is InChI=1S/C57H41NS/c1-57(2)50-30-13-11-25-45(50)49-37-41(34-35-51(49)57)40-22-15-23-42(36-40)58(53-32-17-29-48-46-26-12-14-33-54(46)59-56(48)53)52-31-16-28-44(39-20-7-4-8-21-39)55(52)47-27-10-9-24-43(47)38-18-5-3-6-19-38/h3-37H,1-2H3. The van der Waals surface area contributed by atoms with Gasteiger partial charge in [-0.05, 0) is 97.6 Å². The molecule has 10 aromatic rings. The van der Waals surface area contributed by atoms with Crippen molar-refractivity contribution in [3.8, 4) is 55.6 Å². The molecule has 0 unspecified atom stereocenters. The molecule has 0 radical (unpaired) electrons. The molecule has 1 aromatic heterocycles. The van der Waals surface area contributed by atoms with Gasteiger partial charge < -0.3 is 4.90 Å². The molecule has 1 aliphatic rings. The van der Waals surface area contributed by atoms with Gasteiger partial charge in [-0.25, -0.2) is 0 Å². The molecule has 0 spiro atoms. The summed E-state index contributed by atoms with van der Waals surface area (Å²) in [6.45, 7) is 4.70. The summed E-state index contributed by atoms with van der Waals surface area (Å²) in [6, 6.07) is 78.2. The summed E-state index contributed by atoms with van der Waals surface area (Å²) in [4.78, 5) is 2.52. The molecule has 0 atom stereocenters. The summed E-state index contributed by atoms with van der Waals surface area (Å²) in [7, 11) is 0. The van der Waals surface area contributed by atoms with Gasteiger partial charge >= 0.3 is 0 Å². The monoisotopic (exact) mass is 771 g/mol. The van der Waals surface area contributed by atoms with E-state index in [9.17, 15) is 0 Å². The van der Waals surface area contributed by atoms with Crippen LogP contribution in [-0.4, -0.2) is 0 Å². The highest BCUT2D eigenvalue weighted by Gasteiger charge is 2.35. The predicted molar refractivity (Wildman–Crippen MR) is 253 cm³/mol. The van der Waals surface area contributed by atoms with Crippen molar-refractivity contribution in [2.75, 3.05) is 4.90 Å². The number of fused-ring (bicyclic) bond motifs is 6. The fraction of sp³-hybridized carbons (Fsp3) is 0.0526. The Morgan fingerprint density at radius 3 is 1.75 bits per heavy atom. The van der Waals surface area contributed by atoms with Gasteiger partial charge in [0.15, 0.2) is 0 Å². The maximum atomic E-state index is 2.52. The molecule has 59 heavy (non-hydrogen) atoms. The second-order valence-corrected chi connectivity index (χ2v) is 17.1. The Kier molecular flexibility index (Phi) is 8.43.